The van der Waals surface area contributed by atoms with Gasteiger partial charge in [-0.1, -0.05) is 23.7 Å². The Kier molecular flexibility index (Phi) is 6.03. The first-order valence-electron chi connectivity index (χ1n) is 8.48. The monoisotopic (exact) mass is 389 g/mol. The third-order valence-corrected chi connectivity index (χ3v) is 4.27. The van der Waals surface area contributed by atoms with Crippen molar-refractivity contribution in [1.82, 2.24) is 5.32 Å². The Morgan fingerprint density at radius 2 is 1.96 bits per heavy atom. The number of carbonyl (C=O) groups is 2. The van der Waals surface area contributed by atoms with E-state index in [1.807, 2.05) is 12.1 Å². The molecule has 0 aliphatic carbocycles. The van der Waals surface area contributed by atoms with E-state index in [0.717, 1.165) is 5.69 Å². The molecule has 0 fully saturated rings. The number of nitrogens with one attached hydrogen (secondary N) is 1. The number of benzene rings is 2. The Morgan fingerprint density at radius 3 is 2.70 bits per heavy atom. The molecule has 0 radical (unpaired) electrons. The molecule has 1 unspecified atom stereocenters. The number of halogens is 1. The van der Waals surface area contributed by atoms with Crippen LogP contribution < -0.4 is 25.4 Å². The molecule has 0 saturated carbocycles. The molecule has 3 N–H and O–H groups in total. The third kappa shape index (κ3) is 5.04. The number of anilines is 1. The van der Waals surface area contributed by atoms with Gasteiger partial charge in [0.25, 0.3) is 5.91 Å². The lowest BCUT2D eigenvalue weighted by atomic mass is 10.2. The van der Waals surface area contributed by atoms with E-state index in [2.05, 4.69) is 5.32 Å². The molecule has 2 amide bonds. The summed E-state index contributed by atoms with van der Waals surface area (Å²) in [6.07, 6.45) is -0.791. The van der Waals surface area contributed by atoms with Gasteiger partial charge in [-0.2, -0.15) is 0 Å². The summed E-state index contributed by atoms with van der Waals surface area (Å²) in [4.78, 5) is 25.6. The molecule has 2 aromatic rings. The minimum absolute atomic E-state index is 0.0884. The highest BCUT2D eigenvalue weighted by atomic mass is 35.5. The summed E-state index contributed by atoms with van der Waals surface area (Å²) < 4.78 is 11.1. The number of carbonyl (C=O) groups excluding carboxylic acids is 2. The minimum atomic E-state index is -0.791. The van der Waals surface area contributed by atoms with Crippen LogP contribution in [-0.4, -0.2) is 44.2 Å². The Bertz CT molecular complexity index is 813. The predicted molar refractivity (Wildman–Crippen MR) is 102 cm³/mol. The highest BCUT2D eigenvalue weighted by Crippen LogP contribution is 2.32. The molecule has 7 nitrogen and oxygen atoms in total. The summed E-state index contributed by atoms with van der Waals surface area (Å²) >= 11 is 5.82. The van der Waals surface area contributed by atoms with Crippen molar-refractivity contribution in [1.29, 1.82) is 0 Å². The van der Waals surface area contributed by atoms with E-state index < -0.39 is 12.0 Å². The lowest BCUT2D eigenvalue weighted by Crippen LogP contribution is -2.50. The lowest BCUT2D eigenvalue weighted by molar-refractivity contribution is -0.125. The summed E-state index contributed by atoms with van der Waals surface area (Å²) in [6.45, 7) is 0.996. The van der Waals surface area contributed by atoms with Gasteiger partial charge in [-0.3, -0.25) is 9.59 Å². The van der Waals surface area contributed by atoms with Crippen LogP contribution in [-0.2, 0) is 9.59 Å². The number of nitrogens with zero attached hydrogens (tertiary/aromatic N) is 1. The molecule has 0 bridgehead atoms. The van der Waals surface area contributed by atoms with Crippen molar-refractivity contribution in [3.8, 4) is 11.5 Å². The van der Waals surface area contributed by atoms with E-state index >= 15 is 0 Å². The topological polar surface area (TPSA) is 93.9 Å². The highest BCUT2D eigenvalue weighted by Gasteiger charge is 2.30. The predicted octanol–water partition coefficient (Wildman–Crippen LogP) is 1.59. The van der Waals surface area contributed by atoms with Gasteiger partial charge in [-0.25, -0.2) is 0 Å². The first-order valence-corrected chi connectivity index (χ1v) is 8.86. The number of hydrogen-bond donors (Lipinski definition) is 2. The molecular formula is C19H20ClN3O4. The Balaban J connectivity index is 1.51. The van der Waals surface area contributed by atoms with E-state index in [-0.39, 0.29) is 19.0 Å². The number of amides is 2. The lowest BCUT2D eigenvalue weighted by Gasteiger charge is -2.34. The van der Waals surface area contributed by atoms with Crippen LogP contribution in [0, 0.1) is 0 Å². The van der Waals surface area contributed by atoms with Crippen LogP contribution in [0.1, 0.15) is 0 Å². The van der Waals surface area contributed by atoms with Crippen LogP contribution in [0.3, 0.4) is 0 Å². The van der Waals surface area contributed by atoms with E-state index in [4.69, 9.17) is 26.8 Å². The first kappa shape index (κ1) is 18.8. The van der Waals surface area contributed by atoms with Gasteiger partial charge in [0.1, 0.15) is 18.1 Å². The van der Waals surface area contributed by atoms with Crippen LogP contribution in [0.2, 0.25) is 5.02 Å². The number of nitrogens with two attached hydrogens (primary N) is 1. The highest BCUT2D eigenvalue weighted by molar-refractivity contribution is 6.30. The average molecular weight is 390 g/mol. The van der Waals surface area contributed by atoms with Crippen LogP contribution in [0.5, 0.6) is 11.5 Å². The normalized spacial score (nSPS) is 15.4. The van der Waals surface area contributed by atoms with Gasteiger partial charge in [0, 0.05) is 5.02 Å². The van der Waals surface area contributed by atoms with Crippen molar-refractivity contribution in [3.05, 3.63) is 53.6 Å². The number of hydrogen-bond acceptors (Lipinski definition) is 5. The minimum Gasteiger partial charge on any atom is -0.492 e. The van der Waals surface area contributed by atoms with Crippen LogP contribution in [0.4, 0.5) is 5.69 Å². The molecule has 3 rings (SSSR count). The van der Waals surface area contributed by atoms with Gasteiger partial charge >= 0.3 is 0 Å². The second kappa shape index (κ2) is 8.64. The summed E-state index contributed by atoms with van der Waals surface area (Å²) in [5.74, 6) is 0.465. The van der Waals surface area contributed by atoms with Crippen molar-refractivity contribution in [2.45, 2.75) is 6.10 Å². The Morgan fingerprint density at radius 1 is 1.22 bits per heavy atom. The molecule has 0 aromatic heterocycles. The van der Waals surface area contributed by atoms with Gasteiger partial charge < -0.3 is 25.4 Å². The molecule has 1 atom stereocenters. The number of primary amides is 1. The molecule has 8 heteroatoms. The summed E-state index contributed by atoms with van der Waals surface area (Å²) in [6, 6.07) is 14.2. The molecule has 0 saturated heterocycles. The fraction of sp³-hybridized carbons (Fsp3) is 0.263. The maximum atomic E-state index is 12.3. The van der Waals surface area contributed by atoms with Crippen LogP contribution >= 0.6 is 11.6 Å². The SMILES string of the molecule is NC(=O)C1CN(CC(=O)NCCOc2ccc(Cl)cc2)c2ccccc2O1. The number of rotatable bonds is 7. The van der Waals surface area contributed by atoms with Gasteiger partial charge in [-0.15, -0.1) is 0 Å². The van der Waals surface area contributed by atoms with Crippen molar-refractivity contribution in [2.24, 2.45) is 5.73 Å². The zero-order valence-corrected chi connectivity index (χ0v) is 15.3. The fourth-order valence-electron chi connectivity index (χ4n) is 2.72. The average Bonchev–Trinajstić information content (AvgIpc) is 2.66. The molecule has 2 aromatic carbocycles. The van der Waals surface area contributed by atoms with Crippen molar-refractivity contribution in [3.63, 3.8) is 0 Å². The number of fused-ring (bicyclic) bond motifs is 1. The van der Waals surface area contributed by atoms with Gasteiger partial charge in [0.15, 0.2) is 6.10 Å². The van der Waals surface area contributed by atoms with Gasteiger partial charge in [0.2, 0.25) is 5.91 Å². The number of ether oxygens (including phenoxy) is 2. The van der Waals surface area contributed by atoms with E-state index in [1.165, 1.54) is 0 Å². The third-order valence-electron chi connectivity index (χ3n) is 4.02. The molecule has 27 heavy (non-hydrogen) atoms. The Labute approximate surface area is 162 Å². The zero-order valence-electron chi connectivity index (χ0n) is 14.6. The van der Waals surface area contributed by atoms with E-state index in [0.29, 0.717) is 29.7 Å². The number of para-hydroxylation sites is 2. The molecule has 1 aliphatic heterocycles. The van der Waals surface area contributed by atoms with E-state index in [9.17, 15) is 9.59 Å². The maximum absolute atomic E-state index is 12.3. The second-order valence-electron chi connectivity index (χ2n) is 6.01. The summed E-state index contributed by atoms with van der Waals surface area (Å²) in [5.41, 5.74) is 6.12. The quantitative estimate of drug-likeness (QED) is 0.701. The fourth-order valence-corrected chi connectivity index (χ4v) is 2.85. The van der Waals surface area contributed by atoms with Gasteiger partial charge in [0.05, 0.1) is 25.3 Å². The van der Waals surface area contributed by atoms with Crippen molar-refractivity contribution < 1.29 is 19.1 Å². The zero-order chi connectivity index (χ0) is 19.2. The second-order valence-corrected chi connectivity index (χ2v) is 6.45. The Hall–Kier alpha value is -2.93. The molecular weight excluding hydrogens is 370 g/mol. The van der Waals surface area contributed by atoms with Gasteiger partial charge in [-0.05, 0) is 36.4 Å². The standard InChI is InChI=1S/C19H20ClN3O4/c20-13-5-7-14(8-6-13)26-10-9-22-18(24)12-23-11-17(19(21)25)27-16-4-2-1-3-15(16)23/h1-8,17H,9-12H2,(H2,21,25)(H,22,24). The van der Waals surface area contributed by atoms with Crippen molar-refractivity contribution in [2.75, 3.05) is 31.1 Å². The molecule has 1 aliphatic rings. The molecule has 0 spiro atoms. The van der Waals surface area contributed by atoms with Crippen LogP contribution in [0.25, 0.3) is 0 Å². The first-order chi connectivity index (χ1) is 13.0. The smallest absolute Gasteiger partial charge is 0.260 e. The van der Waals surface area contributed by atoms with E-state index in [1.54, 1.807) is 41.3 Å². The summed E-state index contributed by atoms with van der Waals surface area (Å²) in [5, 5.41) is 3.43. The molecule has 1 heterocycles. The van der Waals surface area contributed by atoms with Crippen LogP contribution in [0.15, 0.2) is 48.5 Å². The largest absolute Gasteiger partial charge is 0.492 e. The maximum Gasteiger partial charge on any atom is 0.260 e. The molecule has 142 valence electrons. The summed E-state index contributed by atoms with van der Waals surface area (Å²) in [7, 11) is 0. The van der Waals surface area contributed by atoms with Crippen molar-refractivity contribution >= 4 is 29.1 Å².